The molecule has 2 rings (SSSR count). The molecule has 0 spiro atoms. The Morgan fingerprint density at radius 2 is 2.25 bits per heavy atom. The summed E-state index contributed by atoms with van der Waals surface area (Å²) in [7, 11) is 1.75. The second-order valence-electron chi connectivity index (χ2n) is 3.31. The fourth-order valence-corrected chi connectivity index (χ4v) is 1.53. The van der Waals surface area contributed by atoms with Crippen molar-refractivity contribution in [3.63, 3.8) is 0 Å². The maximum absolute atomic E-state index is 13.0. The fourth-order valence-electron chi connectivity index (χ4n) is 1.35. The van der Waals surface area contributed by atoms with Crippen molar-refractivity contribution in [2.45, 2.75) is 6.54 Å². The second kappa shape index (κ2) is 4.19. The first kappa shape index (κ1) is 11.0. The van der Waals surface area contributed by atoms with E-state index in [-0.39, 0.29) is 5.02 Å². The standard InChI is InChI=1S/C10H10ClFN4/c1-16-9(5-13)14-10(15-16)6-2-3-8(12)7(11)4-6/h2-4H,5,13H2,1H3. The van der Waals surface area contributed by atoms with Gasteiger partial charge in [0.2, 0.25) is 0 Å². The van der Waals surface area contributed by atoms with Gasteiger partial charge < -0.3 is 5.73 Å². The molecule has 16 heavy (non-hydrogen) atoms. The number of aryl methyl sites for hydroxylation is 1. The highest BCUT2D eigenvalue weighted by Gasteiger charge is 2.09. The summed E-state index contributed by atoms with van der Waals surface area (Å²) in [5.41, 5.74) is 6.15. The predicted octanol–water partition coefficient (Wildman–Crippen LogP) is 1.73. The van der Waals surface area contributed by atoms with Gasteiger partial charge in [0.05, 0.1) is 11.6 Å². The summed E-state index contributed by atoms with van der Waals surface area (Å²) in [5, 5.41) is 4.22. The third kappa shape index (κ3) is 1.91. The Labute approximate surface area is 96.9 Å². The van der Waals surface area contributed by atoms with Crippen molar-refractivity contribution in [1.82, 2.24) is 14.8 Å². The van der Waals surface area contributed by atoms with Gasteiger partial charge in [0, 0.05) is 12.6 Å². The molecule has 1 aromatic carbocycles. The summed E-state index contributed by atoms with van der Waals surface area (Å²) >= 11 is 5.68. The summed E-state index contributed by atoms with van der Waals surface area (Å²) in [6, 6.07) is 4.36. The van der Waals surface area contributed by atoms with E-state index >= 15 is 0 Å². The molecule has 6 heteroatoms. The Morgan fingerprint density at radius 1 is 1.50 bits per heavy atom. The molecule has 1 heterocycles. The highest BCUT2D eigenvalue weighted by atomic mass is 35.5. The molecule has 4 nitrogen and oxygen atoms in total. The fraction of sp³-hybridized carbons (Fsp3) is 0.200. The lowest BCUT2D eigenvalue weighted by molar-refractivity contribution is 0.628. The van der Waals surface area contributed by atoms with Crippen LogP contribution >= 0.6 is 11.6 Å². The normalized spacial score (nSPS) is 10.8. The predicted molar refractivity (Wildman–Crippen MR) is 59.3 cm³/mol. The first-order chi connectivity index (χ1) is 7.61. The first-order valence-corrected chi connectivity index (χ1v) is 5.05. The highest BCUT2D eigenvalue weighted by molar-refractivity contribution is 6.31. The average molecular weight is 241 g/mol. The molecule has 0 unspecified atom stereocenters. The van der Waals surface area contributed by atoms with Gasteiger partial charge in [0.25, 0.3) is 0 Å². The van der Waals surface area contributed by atoms with Gasteiger partial charge in [-0.2, -0.15) is 5.10 Å². The maximum Gasteiger partial charge on any atom is 0.181 e. The van der Waals surface area contributed by atoms with E-state index in [9.17, 15) is 4.39 Å². The summed E-state index contributed by atoms with van der Waals surface area (Å²) < 4.78 is 14.6. The lowest BCUT2D eigenvalue weighted by atomic mass is 10.2. The number of halogens is 2. The van der Waals surface area contributed by atoms with Gasteiger partial charge in [0.1, 0.15) is 11.6 Å². The van der Waals surface area contributed by atoms with Gasteiger partial charge in [-0.15, -0.1) is 0 Å². The number of nitrogens with zero attached hydrogens (tertiary/aromatic N) is 3. The van der Waals surface area contributed by atoms with Crippen LogP contribution in [0.3, 0.4) is 0 Å². The zero-order valence-electron chi connectivity index (χ0n) is 8.61. The van der Waals surface area contributed by atoms with Crippen molar-refractivity contribution in [3.05, 3.63) is 34.9 Å². The minimum atomic E-state index is -0.458. The summed E-state index contributed by atoms with van der Waals surface area (Å²) in [6.45, 7) is 0.304. The zero-order chi connectivity index (χ0) is 11.7. The summed E-state index contributed by atoms with van der Waals surface area (Å²) in [6.07, 6.45) is 0. The van der Waals surface area contributed by atoms with E-state index in [1.54, 1.807) is 17.8 Å². The van der Waals surface area contributed by atoms with Crippen LogP contribution in [0.2, 0.25) is 5.02 Å². The molecule has 0 aliphatic carbocycles. The minimum Gasteiger partial charge on any atom is -0.324 e. The molecular formula is C10H10ClFN4. The minimum absolute atomic E-state index is 0.0549. The number of hydrogen-bond acceptors (Lipinski definition) is 3. The van der Waals surface area contributed by atoms with E-state index in [0.29, 0.717) is 23.8 Å². The molecular weight excluding hydrogens is 231 g/mol. The largest absolute Gasteiger partial charge is 0.324 e. The van der Waals surface area contributed by atoms with Gasteiger partial charge in [0.15, 0.2) is 5.82 Å². The first-order valence-electron chi connectivity index (χ1n) is 4.67. The van der Waals surface area contributed by atoms with Gasteiger partial charge >= 0.3 is 0 Å². The van der Waals surface area contributed by atoms with Crippen LogP contribution in [-0.2, 0) is 13.6 Å². The van der Waals surface area contributed by atoms with E-state index < -0.39 is 5.82 Å². The van der Waals surface area contributed by atoms with E-state index in [1.807, 2.05) is 0 Å². The quantitative estimate of drug-likeness (QED) is 0.870. The van der Waals surface area contributed by atoms with Crippen LogP contribution in [0, 0.1) is 5.82 Å². The Hall–Kier alpha value is -1.46. The molecule has 2 aromatic rings. The van der Waals surface area contributed by atoms with E-state index in [1.165, 1.54) is 12.1 Å². The molecule has 0 atom stereocenters. The number of benzene rings is 1. The molecule has 0 aliphatic rings. The van der Waals surface area contributed by atoms with Crippen molar-refractivity contribution in [2.24, 2.45) is 12.8 Å². The average Bonchev–Trinajstić information content (AvgIpc) is 2.64. The van der Waals surface area contributed by atoms with Gasteiger partial charge in [-0.1, -0.05) is 11.6 Å². The molecule has 0 radical (unpaired) electrons. The Balaban J connectivity index is 2.46. The molecule has 2 N–H and O–H groups in total. The van der Waals surface area contributed by atoms with Crippen LogP contribution in [0.1, 0.15) is 5.82 Å². The number of nitrogens with two attached hydrogens (primary N) is 1. The molecule has 0 amide bonds. The second-order valence-corrected chi connectivity index (χ2v) is 3.72. The van der Waals surface area contributed by atoms with Crippen molar-refractivity contribution < 1.29 is 4.39 Å². The maximum atomic E-state index is 13.0. The lowest BCUT2D eigenvalue weighted by Crippen LogP contribution is -2.05. The number of rotatable bonds is 2. The van der Waals surface area contributed by atoms with Crippen LogP contribution in [0.4, 0.5) is 4.39 Å². The zero-order valence-corrected chi connectivity index (χ0v) is 9.37. The van der Waals surface area contributed by atoms with Crippen LogP contribution in [0.5, 0.6) is 0 Å². The molecule has 0 saturated heterocycles. The van der Waals surface area contributed by atoms with Crippen molar-refractivity contribution in [1.29, 1.82) is 0 Å². The molecule has 0 saturated carbocycles. The van der Waals surface area contributed by atoms with Gasteiger partial charge in [-0.05, 0) is 18.2 Å². The van der Waals surface area contributed by atoms with Crippen molar-refractivity contribution >= 4 is 11.6 Å². The topological polar surface area (TPSA) is 56.7 Å². The Bertz CT molecular complexity index is 524. The molecule has 1 aromatic heterocycles. The molecule has 0 fully saturated rings. The van der Waals surface area contributed by atoms with Crippen molar-refractivity contribution in [2.75, 3.05) is 0 Å². The van der Waals surface area contributed by atoms with E-state index in [2.05, 4.69) is 10.1 Å². The third-order valence-corrected chi connectivity index (χ3v) is 2.50. The van der Waals surface area contributed by atoms with Crippen LogP contribution in [0.25, 0.3) is 11.4 Å². The smallest absolute Gasteiger partial charge is 0.181 e. The SMILES string of the molecule is Cn1nc(-c2ccc(F)c(Cl)c2)nc1CN. The number of hydrogen-bond donors (Lipinski definition) is 1. The number of aromatic nitrogens is 3. The summed E-state index contributed by atoms with van der Waals surface area (Å²) in [4.78, 5) is 4.22. The van der Waals surface area contributed by atoms with E-state index in [4.69, 9.17) is 17.3 Å². The van der Waals surface area contributed by atoms with Crippen molar-refractivity contribution in [3.8, 4) is 11.4 Å². The summed E-state index contributed by atoms with van der Waals surface area (Å²) in [5.74, 6) is 0.695. The van der Waals surface area contributed by atoms with Crippen LogP contribution in [-0.4, -0.2) is 14.8 Å². The van der Waals surface area contributed by atoms with E-state index in [0.717, 1.165) is 0 Å². The lowest BCUT2D eigenvalue weighted by Gasteiger charge is -1.97. The molecule has 84 valence electrons. The van der Waals surface area contributed by atoms with Crippen LogP contribution in [0.15, 0.2) is 18.2 Å². The highest BCUT2D eigenvalue weighted by Crippen LogP contribution is 2.22. The molecule has 0 bridgehead atoms. The molecule has 0 aliphatic heterocycles. The Morgan fingerprint density at radius 3 is 2.81 bits per heavy atom. The van der Waals surface area contributed by atoms with Crippen LogP contribution < -0.4 is 5.73 Å². The Kier molecular flexibility index (Phi) is 2.89. The van der Waals surface area contributed by atoms with Gasteiger partial charge in [-0.3, -0.25) is 4.68 Å². The monoisotopic (exact) mass is 240 g/mol. The van der Waals surface area contributed by atoms with Gasteiger partial charge in [-0.25, -0.2) is 9.37 Å². The third-order valence-electron chi connectivity index (χ3n) is 2.21.